The summed E-state index contributed by atoms with van der Waals surface area (Å²) in [6, 6.07) is 44.3. The summed E-state index contributed by atoms with van der Waals surface area (Å²) in [6.07, 6.45) is 12.1. The molecule has 0 radical (unpaired) electrons. The first kappa shape index (κ1) is 36.1. The van der Waals surface area contributed by atoms with Gasteiger partial charge >= 0.3 is 334 Å². The summed E-state index contributed by atoms with van der Waals surface area (Å²) in [5, 5.41) is 1.29. The van der Waals surface area contributed by atoms with Gasteiger partial charge in [0.05, 0.1) is 0 Å². The molecule has 3 atom stereocenters. The summed E-state index contributed by atoms with van der Waals surface area (Å²) in [5.74, 6) is -2.17. The first-order valence-electron chi connectivity index (χ1n) is 18.7. The minimum atomic E-state index is -5.39. The molecule has 3 aromatic carbocycles. The molecule has 0 amide bonds. The van der Waals surface area contributed by atoms with Gasteiger partial charge in [0, 0.05) is 0 Å². The van der Waals surface area contributed by atoms with Gasteiger partial charge in [-0.25, -0.2) is 0 Å². The van der Waals surface area contributed by atoms with Crippen molar-refractivity contribution in [3.05, 3.63) is 186 Å². The Morgan fingerprint density at radius 1 is 0.491 bits per heavy atom. The summed E-state index contributed by atoms with van der Waals surface area (Å²) in [7, 11) is 18.0. The molecule has 0 saturated heterocycles. The Morgan fingerprint density at radius 3 is 1.25 bits per heavy atom. The third kappa shape index (κ3) is 6.06. The molecule has 4 aromatic heterocycles. The van der Waals surface area contributed by atoms with Crippen LogP contribution in [0.4, 0.5) is 0 Å². The van der Waals surface area contributed by atoms with Crippen LogP contribution in [-0.2, 0) is 15.6 Å². The van der Waals surface area contributed by atoms with Gasteiger partial charge in [0.1, 0.15) is 0 Å². The van der Waals surface area contributed by atoms with E-state index in [1.807, 2.05) is 73.3 Å². The SMILES string of the molecule is CC1=Cc2c(-c3ccccn3)cc(-c3ccccn3)cc2[CH]1[Zr]([Cl])([Cl])([CH]1C(C)=Cc2c(-c3ccccn3)cc(-c3ccccn3)cc21)[SiH](C)c1ccccc1. The van der Waals surface area contributed by atoms with E-state index >= 15 is 0 Å². The van der Waals surface area contributed by atoms with E-state index in [-0.39, 0.29) is 7.25 Å². The van der Waals surface area contributed by atoms with Crippen molar-refractivity contribution in [2.24, 2.45) is 0 Å². The van der Waals surface area contributed by atoms with Gasteiger partial charge in [-0.15, -0.1) is 0 Å². The van der Waals surface area contributed by atoms with E-state index < -0.39 is 21.5 Å². The van der Waals surface area contributed by atoms with Crippen LogP contribution in [0.2, 0.25) is 6.55 Å². The zero-order valence-corrected chi connectivity index (χ0v) is 36.0. The van der Waals surface area contributed by atoms with E-state index in [4.69, 9.17) is 37.0 Å². The number of aromatic nitrogens is 4. The van der Waals surface area contributed by atoms with Crippen LogP contribution in [0.1, 0.15) is 43.4 Å². The maximum atomic E-state index is 9.02. The van der Waals surface area contributed by atoms with Crippen molar-refractivity contribution in [3.63, 3.8) is 0 Å². The summed E-state index contributed by atoms with van der Waals surface area (Å²) >= 11 is -5.39. The number of allylic oxidation sites excluding steroid dienone is 2. The van der Waals surface area contributed by atoms with Gasteiger partial charge in [0.15, 0.2) is 0 Å². The first-order valence-corrected chi connectivity index (χ1v) is 34.5. The van der Waals surface area contributed by atoms with Crippen LogP contribution in [0.3, 0.4) is 0 Å². The molecule has 4 heterocycles. The third-order valence-corrected chi connectivity index (χ3v) is 59.4. The Kier molecular flexibility index (Phi) is 9.30. The molecule has 269 valence electrons. The van der Waals surface area contributed by atoms with Crippen LogP contribution in [0.15, 0.2) is 163 Å². The topological polar surface area (TPSA) is 51.6 Å². The molecule has 0 N–H and O–H groups in total. The number of pyridine rings is 4. The second kappa shape index (κ2) is 14.2. The monoisotopic (exact) mass is 847 g/mol. The van der Waals surface area contributed by atoms with Crippen LogP contribution >= 0.6 is 17.0 Å². The Hall–Kier alpha value is -4.58. The Balaban J connectivity index is 1.35. The normalized spacial score (nSPS) is 17.4. The van der Waals surface area contributed by atoms with Gasteiger partial charge in [-0.3, -0.25) is 0 Å². The van der Waals surface area contributed by atoms with Gasteiger partial charge in [-0.05, 0) is 0 Å². The zero-order valence-electron chi connectivity index (χ0n) is 30.9. The van der Waals surface area contributed by atoms with E-state index in [2.05, 4.69) is 111 Å². The standard InChI is InChI=1S/2C20H15N2.C7H9Si.2ClH.Zr/c2*1-14-10-15-12-16(19-6-2-4-8-21-19)13-18(17(15)11-14)20-7-3-5-9-22-20;1-8-7-5-3-2-4-6-7;;;/h2*2-13H,1H3;2-6,8H,1H3;2*1H;/q;;;;;+2/p-2. The molecule has 55 heavy (non-hydrogen) atoms. The van der Waals surface area contributed by atoms with Crippen LogP contribution in [0.5, 0.6) is 0 Å². The number of hydrogen-bond acceptors (Lipinski definition) is 4. The minimum absolute atomic E-state index is 0.163. The second-order valence-corrected chi connectivity index (χ2v) is 55.1. The molecule has 0 spiro atoms. The van der Waals surface area contributed by atoms with Gasteiger partial charge < -0.3 is 0 Å². The summed E-state index contributed by atoms with van der Waals surface area (Å²) in [6.45, 7) is 6.91. The predicted molar refractivity (Wildman–Crippen MR) is 229 cm³/mol. The Bertz CT molecular complexity index is 2460. The van der Waals surface area contributed by atoms with E-state index in [0.717, 1.165) is 56.2 Å². The molecule has 2 aliphatic rings. The molecule has 2 aliphatic carbocycles. The fraction of sp³-hybridized carbons (Fsp3) is 0.106. The number of benzene rings is 3. The van der Waals surface area contributed by atoms with Crippen LogP contribution in [0.25, 0.3) is 57.2 Å². The molecule has 7 aromatic rings. The fourth-order valence-electron chi connectivity index (χ4n) is 9.29. The quantitative estimate of drug-likeness (QED) is 0.143. The average molecular weight is 850 g/mol. The molecular formula is C47H39Cl2N4SiZr. The number of rotatable bonds is 8. The molecule has 8 heteroatoms. The molecule has 0 bridgehead atoms. The molecular weight excluding hydrogens is 811 g/mol. The number of fused-ring (bicyclic) bond motifs is 2. The van der Waals surface area contributed by atoms with Gasteiger partial charge in [0.25, 0.3) is 0 Å². The van der Waals surface area contributed by atoms with Crippen molar-refractivity contribution in [2.45, 2.75) is 27.6 Å². The number of nitrogens with zero attached hydrogens (tertiary/aromatic N) is 4. The fourth-order valence-corrected chi connectivity index (χ4v) is 51.4. The van der Waals surface area contributed by atoms with Gasteiger partial charge in [0.2, 0.25) is 0 Å². The molecule has 4 nitrogen and oxygen atoms in total. The van der Waals surface area contributed by atoms with E-state index in [1.54, 1.807) is 0 Å². The molecule has 0 saturated carbocycles. The Labute approximate surface area is 331 Å². The van der Waals surface area contributed by atoms with Crippen molar-refractivity contribution < 1.29 is 15.6 Å². The molecule has 3 unspecified atom stereocenters. The third-order valence-electron chi connectivity index (χ3n) is 11.7. The van der Waals surface area contributed by atoms with Crippen LogP contribution < -0.4 is 5.19 Å². The van der Waals surface area contributed by atoms with Crippen molar-refractivity contribution in [2.75, 3.05) is 0 Å². The van der Waals surface area contributed by atoms with E-state index in [0.29, 0.717) is 0 Å². The average Bonchev–Trinajstić information content (AvgIpc) is 3.78. The number of halogens is 2. The first-order chi connectivity index (χ1) is 26.7. The molecule has 0 fully saturated rings. The van der Waals surface area contributed by atoms with Gasteiger partial charge in [-0.1, -0.05) is 0 Å². The molecule has 0 aliphatic heterocycles. The Morgan fingerprint density at radius 2 is 0.873 bits per heavy atom. The summed E-state index contributed by atoms with van der Waals surface area (Å²) in [4.78, 5) is 19.3. The van der Waals surface area contributed by atoms with Gasteiger partial charge in [-0.2, -0.15) is 0 Å². The van der Waals surface area contributed by atoms with Crippen LogP contribution in [0, 0.1) is 0 Å². The summed E-state index contributed by atoms with van der Waals surface area (Å²) < 4.78 is -0.326. The molecule has 9 rings (SSSR count). The van der Waals surface area contributed by atoms with E-state index in [9.17, 15) is 0 Å². The second-order valence-electron chi connectivity index (χ2n) is 14.9. The van der Waals surface area contributed by atoms with E-state index in [1.165, 1.54) is 27.5 Å². The maximum absolute atomic E-state index is 9.02. The number of hydrogen-bond donors (Lipinski definition) is 0. The van der Waals surface area contributed by atoms with Crippen molar-refractivity contribution in [1.29, 1.82) is 0 Å². The van der Waals surface area contributed by atoms with Crippen LogP contribution in [-0.4, -0.2) is 25.9 Å². The van der Waals surface area contributed by atoms with Crippen molar-refractivity contribution in [1.82, 2.24) is 19.9 Å². The van der Waals surface area contributed by atoms with Crippen molar-refractivity contribution in [3.8, 4) is 45.0 Å². The summed E-state index contributed by atoms with van der Waals surface area (Å²) in [5.41, 5.74) is 14.9. The van der Waals surface area contributed by atoms with Crippen molar-refractivity contribution >= 4 is 40.3 Å². The zero-order chi connectivity index (χ0) is 37.8. The predicted octanol–water partition coefficient (Wildman–Crippen LogP) is 11.8.